The summed E-state index contributed by atoms with van der Waals surface area (Å²) in [6.45, 7) is 3.86. The van der Waals surface area contributed by atoms with E-state index in [0.29, 0.717) is 6.42 Å². The first-order valence-corrected chi connectivity index (χ1v) is 6.89. The van der Waals surface area contributed by atoms with E-state index in [0.717, 1.165) is 5.56 Å². The van der Waals surface area contributed by atoms with Crippen LogP contribution in [-0.4, -0.2) is 28.2 Å². The largest absolute Gasteiger partial charge is 0.379 e. The standard InChI is InChI=1S/C12H18O4S/c1-4-11(15-3)9-16-17(13,14)12-7-5-10(2)6-8-12/h5-8,11H,4,9H2,1-3H3. The van der Waals surface area contributed by atoms with Crippen LogP contribution in [0.5, 0.6) is 0 Å². The van der Waals surface area contributed by atoms with Crippen LogP contribution in [0.25, 0.3) is 0 Å². The lowest BCUT2D eigenvalue weighted by Crippen LogP contribution is -2.20. The van der Waals surface area contributed by atoms with Crippen LogP contribution in [0.3, 0.4) is 0 Å². The molecule has 0 saturated carbocycles. The molecule has 1 unspecified atom stereocenters. The molecular weight excluding hydrogens is 240 g/mol. The summed E-state index contributed by atoms with van der Waals surface area (Å²) in [6, 6.07) is 6.56. The van der Waals surface area contributed by atoms with Gasteiger partial charge in [0.15, 0.2) is 0 Å². The van der Waals surface area contributed by atoms with E-state index in [2.05, 4.69) is 0 Å². The number of benzene rings is 1. The van der Waals surface area contributed by atoms with E-state index in [9.17, 15) is 8.42 Å². The zero-order valence-electron chi connectivity index (χ0n) is 10.3. The van der Waals surface area contributed by atoms with Gasteiger partial charge in [0.1, 0.15) is 0 Å². The molecule has 0 N–H and O–H groups in total. The summed E-state index contributed by atoms with van der Waals surface area (Å²) in [6.07, 6.45) is 0.509. The van der Waals surface area contributed by atoms with E-state index < -0.39 is 10.1 Å². The molecule has 0 radical (unpaired) electrons. The molecule has 0 bridgehead atoms. The van der Waals surface area contributed by atoms with Crippen molar-refractivity contribution in [3.63, 3.8) is 0 Å². The second-order valence-electron chi connectivity index (χ2n) is 3.82. The minimum atomic E-state index is -3.67. The topological polar surface area (TPSA) is 52.6 Å². The molecule has 0 aliphatic rings. The Bertz CT molecular complexity index is 432. The lowest BCUT2D eigenvalue weighted by Gasteiger charge is -2.13. The Morgan fingerprint density at radius 1 is 1.24 bits per heavy atom. The Balaban J connectivity index is 2.72. The van der Waals surface area contributed by atoms with Gasteiger partial charge in [0.05, 0.1) is 17.6 Å². The number of hydrogen-bond acceptors (Lipinski definition) is 4. The summed E-state index contributed by atoms with van der Waals surface area (Å²) in [5, 5.41) is 0. The minimum Gasteiger partial charge on any atom is -0.379 e. The van der Waals surface area contributed by atoms with Gasteiger partial charge in [-0.1, -0.05) is 24.6 Å². The summed E-state index contributed by atoms with van der Waals surface area (Å²) >= 11 is 0. The van der Waals surface area contributed by atoms with Crippen molar-refractivity contribution >= 4 is 10.1 Å². The number of aryl methyl sites for hydroxylation is 1. The van der Waals surface area contributed by atoms with Crippen LogP contribution in [0, 0.1) is 6.92 Å². The number of methoxy groups -OCH3 is 1. The van der Waals surface area contributed by atoms with Gasteiger partial charge in [-0.25, -0.2) is 0 Å². The highest BCUT2D eigenvalue weighted by Crippen LogP contribution is 2.14. The summed E-state index contributed by atoms with van der Waals surface area (Å²) < 4.78 is 33.6. The highest BCUT2D eigenvalue weighted by atomic mass is 32.2. The van der Waals surface area contributed by atoms with E-state index in [4.69, 9.17) is 8.92 Å². The normalized spacial score (nSPS) is 13.6. The third kappa shape index (κ3) is 4.11. The molecule has 0 aromatic heterocycles. The van der Waals surface area contributed by atoms with Crippen molar-refractivity contribution < 1.29 is 17.3 Å². The van der Waals surface area contributed by atoms with Crippen LogP contribution in [0.15, 0.2) is 29.2 Å². The molecule has 5 heteroatoms. The van der Waals surface area contributed by atoms with Gasteiger partial charge in [-0.3, -0.25) is 4.18 Å². The maximum atomic E-state index is 11.8. The molecule has 1 aromatic carbocycles. The van der Waals surface area contributed by atoms with Crippen LogP contribution in [-0.2, 0) is 19.0 Å². The van der Waals surface area contributed by atoms with Crippen LogP contribution < -0.4 is 0 Å². The zero-order chi connectivity index (χ0) is 12.9. The molecule has 17 heavy (non-hydrogen) atoms. The molecule has 0 aliphatic heterocycles. The second kappa shape index (κ2) is 6.14. The lowest BCUT2D eigenvalue weighted by atomic mass is 10.2. The van der Waals surface area contributed by atoms with Gasteiger partial charge in [-0.2, -0.15) is 8.42 Å². The Morgan fingerprint density at radius 2 is 1.82 bits per heavy atom. The Labute approximate surface area is 103 Å². The first kappa shape index (κ1) is 14.2. The van der Waals surface area contributed by atoms with Gasteiger partial charge in [0, 0.05) is 7.11 Å². The van der Waals surface area contributed by atoms with Gasteiger partial charge in [-0.15, -0.1) is 0 Å². The first-order valence-electron chi connectivity index (χ1n) is 5.48. The third-order valence-electron chi connectivity index (χ3n) is 2.51. The van der Waals surface area contributed by atoms with E-state index >= 15 is 0 Å². The minimum absolute atomic E-state index is 0.0449. The van der Waals surface area contributed by atoms with Gasteiger partial charge >= 0.3 is 0 Å². The molecule has 0 fully saturated rings. The van der Waals surface area contributed by atoms with Crippen LogP contribution >= 0.6 is 0 Å². The molecule has 0 spiro atoms. The summed E-state index contributed by atoms with van der Waals surface area (Å²) in [4.78, 5) is 0.175. The van der Waals surface area contributed by atoms with E-state index in [1.165, 1.54) is 7.11 Å². The maximum absolute atomic E-state index is 11.8. The second-order valence-corrected chi connectivity index (χ2v) is 5.43. The fourth-order valence-corrected chi connectivity index (χ4v) is 2.23. The molecular formula is C12H18O4S. The van der Waals surface area contributed by atoms with Crippen molar-refractivity contribution in [1.82, 2.24) is 0 Å². The number of hydrogen-bond donors (Lipinski definition) is 0. The predicted molar refractivity (Wildman–Crippen MR) is 65.4 cm³/mol. The Morgan fingerprint density at radius 3 is 2.29 bits per heavy atom. The van der Waals surface area contributed by atoms with Gasteiger partial charge in [-0.05, 0) is 25.5 Å². The fourth-order valence-electron chi connectivity index (χ4n) is 1.29. The summed E-state index contributed by atoms with van der Waals surface area (Å²) in [7, 11) is -2.13. The molecule has 0 saturated heterocycles. The molecule has 0 aliphatic carbocycles. The van der Waals surface area contributed by atoms with Crippen molar-refractivity contribution in [2.24, 2.45) is 0 Å². The highest BCUT2D eigenvalue weighted by Gasteiger charge is 2.17. The molecule has 96 valence electrons. The van der Waals surface area contributed by atoms with Gasteiger partial charge < -0.3 is 4.74 Å². The molecule has 1 atom stereocenters. The molecule has 0 heterocycles. The smallest absolute Gasteiger partial charge is 0.297 e. The lowest BCUT2D eigenvalue weighted by molar-refractivity contribution is 0.0577. The highest BCUT2D eigenvalue weighted by molar-refractivity contribution is 7.86. The van der Waals surface area contributed by atoms with Crippen molar-refractivity contribution in [2.75, 3.05) is 13.7 Å². The van der Waals surface area contributed by atoms with E-state index in [1.807, 2.05) is 13.8 Å². The number of ether oxygens (including phenoxy) is 1. The zero-order valence-corrected chi connectivity index (χ0v) is 11.2. The monoisotopic (exact) mass is 258 g/mol. The van der Waals surface area contributed by atoms with Crippen LogP contribution in [0.4, 0.5) is 0 Å². The predicted octanol–water partition coefficient (Wildman–Crippen LogP) is 2.13. The summed E-state index contributed by atoms with van der Waals surface area (Å²) in [5.74, 6) is 0. The first-order chi connectivity index (χ1) is 7.99. The summed E-state index contributed by atoms with van der Waals surface area (Å²) in [5.41, 5.74) is 1.01. The SMILES string of the molecule is CCC(COS(=O)(=O)c1ccc(C)cc1)OC. The van der Waals surface area contributed by atoms with Crippen molar-refractivity contribution in [1.29, 1.82) is 0 Å². The molecule has 1 rings (SSSR count). The van der Waals surface area contributed by atoms with Crippen LogP contribution in [0.1, 0.15) is 18.9 Å². The Kier molecular flexibility index (Phi) is 5.11. The van der Waals surface area contributed by atoms with Crippen molar-refractivity contribution in [3.8, 4) is 0 Å². The fraction of sp³-hybridized carbons (Fsp3) is 0.500. The molecule has 1 aromatic rings. The maximum Gasteiger partial charge on any atom is 0.297 e. The average Bonchev–Trinajstić information content (AvgIpc) is 2.31. The average molecular weight is 258 g/mol. The van der Waals surface area contributed by atoms with Crippen molar-refractivity contribution in [2.45, 2.75) is 31.3 Å². The quantitative estimate of drug-likeness (QED) is 0.733. The molecule has 4 nitrogen and oxygen atoms in total. The van der Waals surface area contributed by atoms with Crippen LogP contribution in [0.2, 0.25) is 0 Å². The van der Waals surface area contributed by atoms with Gasteiger partial charge in [0.2, 0.25) is 0 Å². The Hall–Kier alpha value is -0.910. The third-order valence-corrected chi connectivity index (χ3v) is 3.80. The van der Waals surface area contributed by atoms with E-state index in [-0.39, 0.29) is 17.6 Å². The molecule has 0 amide bonds. The van der Waals surface area contributed by atoms with Gasteiger partial charge in [0.25, 0.3) is 10.1 Å². The van der Waals surface area contributed by atoms with Crippen molar-refractivity contribution in [3.05, 3.63) is 29.8 Å². The number of rotatable bonds is 6. The van der Waals surface area contributed by atoms with E-state index in [1.54, 1.807) is 24.3 Å².